The van der Waals surface area contributed by atoms with Gasteiger partial charge in [-0.2, -0.15) is 0 Å². The number of thiazole rings is 1. The van der Waals surface area contributed by atoms with Gasteiger partial charge in [0.1, 0.15) is 5.01 Å². The summed E-state index contributed by atoms with van der Waals surface area (Å²) in [5, 5.41) is 15.1. The number of hydrogen-bond acceptors (Lipinski definition) is 4. The fourth-order valence-corrected chi connectivity index (χ4v) is 1.70. The number of aliphatic hydroxyl groups is 1. The van der Waals surface area contributed by atoms with Crippen molar-refractivity contribution in [2.24, 2.45) is 0 Å². The number of nitrogens with zero attached hydrogens (tertiary/aromatic N) is 1. The first-order valence-corrected chi connectivity index (χ1v) is 4.88. The lowest BCUT2D eigenvalue weighted by Gasteiger charge is -2.16. The zero-order valence-electron chi connectivity index (χ0n) is 7.32. The number of hydrogen-bond donors (Lipinski definition) is 2. The lowest BCUT2D eigenvalue weighted by molar-refractivity contribution is 0.237. The quantitative estimate of drug-likeness (QED) is 0.742. The maximum atomic E-state index is 9.05. The lowest BCUT2D eigenvalue weighted by Crippen LogP contribution is -2.30. The monoisotopic (exact) mass is 186 g/mol. The minimum Gasteiger partial charge on any atom is -0.394 e. The fourth-order valence-electron chi connectivity index (χ4n) is 1.01. The molecule has 1 heterocycles. The third kappa shape index (κ3) is 2.55. The average Bonchev–Trinajstić information content (AvgIpc) is 2.51. The van der Waals surface area contributed by atoms with Crippen LogP contribution in [0.15, 0.2) is 11.6 Å². The van der Waals surface area contributed by atoms with Gasteiger partial charge < -0.3 is 10.4 Å². The first kappa shape index (κ1) is 9.64. The second kappa shape index (κ2) is 4.54. The van der Waals surface area contributed by atoms with E-state index in [-0.39, 0.29) is 12.6 Å². The molecule has 68 valence electrons. The molecule has 4 heteroatoms. The van der Waals surface area contributed by atoms with Crippen molar-refractivity contribution >= 4 is 11.3 Å². The first-order valence-electron chi connectivity index (χ1n) is 4.00. The Labute approximate surface area is 76.5 Å². The molecule has 2 N–H and O–H groups in total. The van der Waals surface area contributed by atoms with Gasteiger partial charge in [-0.3, -0.25) is 0 Å². The maximum absolute atomic E-state index is 9.05. The number of rotatable bonds is 4. The largest absolute Gasteiger partial charge is 0.394 e. The van der Waals surface area contributed by atoms with Gasteiger partial charge in [-0.25, -0.2) is 4.98 Å². The highest BCUT2D eigenvalue weighted by molar-refractivity contribution is 7.09. The molecular formula is C8H14N2OS. The molecule has 0 saturated heterocycles. The van der Waals surface area contributed by atoms with E-state index in [0.29, 0.717) is 6.04 Å². The first-order chi connectivity index (χ1) is 5.74. The SMILES string of the molecule is CC(C)NC(CO)c1nccs1. The molecular weight excluding hydrogens is 172 g/mol. The second-order valence-electron chi connectivity index (χ2n) is 2.93. The Morgan fingerprint density at radius 2 is 2.42 bits per heavy atom. The van der Waals surface area contributed by atoms with Gasteiger partial charge in [0.05, 0.1) is 12.6 Å². The predicted octanol–water partition coefficient (Wildman–Crippen LogP) is 1.17. The smallest absolute Gasteiger partial charge is 0.112 e. The molecule has 1 aromatic heterocycles. The molecule has 0 fully saturated rings. The summed E-state index contributed by atoms with van der Waals surface area (Å²) in [6.45, 7) is 4.21. The van der Waals surface area contributed by atoms with E-state index in [9.17, 15) is 0 Å². The second-order valence-corrected chi connectivity index (χ2v) is 3.85. The summed E-state index contributed by atoms with van der Waals surface area (Å²) >= 11 is 1.56. The Bertz CT molecular complexity index is 211. The Morgan fingerprint density at radius 1 is 1.67 bits per heavy atom. The van der Waals surface area contributed by atoms with E-state index in [4.69, 9.17) is 5.11 Å². The normalized spacial score (nSPS) is 13.7. The van der Waals surface area contributed by atoms with Crippen LogP contribution in [0.25, 0.3) is 0 Å². The van der Waals surface area contributed by atoms with Crippen molar-refractivity contribution in [3.05, 3.63) is 16.6 Å². The van der Waals surface area contributed by atoms with Crippen LogP contribution < -0.4 is 5.32 Å². The van der Waals surface area contributed by atoms with E-state index in [0.717, 1.165) is 5.01 Å². The lowest BCUT2D eigenvalue weighted by atomic mass is 10.3. The van der Waals surface area contributed by atoms with E-state index in [1.54, 1.807) is 17.5 Å². The van der Waals surface area contributed by atoms with E-state index in [2.05, 4.69) is 24.1 Å². The van der Waals surface area contributed by atoms with Crippen LogP contribution in [0.5, 0.6) is 0 Å². The molecule has 0 aliphatic heterocycles. The third-order valence-corrected chi connectivity index (χ3v) is 2.36. The zero-order valence-corrected chi connectivity index (χ0v) is 8.14. The van der Waals surface area contributed by atoms with Crippen molar-refractivity contribution in [2.75, 3.05) is 6.61 Å². The molecule has 12 heavy (non-hydrogen) atoms. The Balaban J connectivity index is 2.57. The van der Waals surface area contributed by atoms with Crippen LogP contribution in [0.4, 0.5) is 0 Å². The van der Waals surface area contributed by atoms with Gasteiger partial charge >= 0.3 is 0 Å². The average molecular weight is 186 g/mol. The summed E-state index contributed by atoms with van der Waals surface area (Å²) in [4.78, 5) is 4.14. The van der Waals surface area contributed by atoms with E-state index in [1.165, 1.54) is 0 Å². The number of aromatic nitrogens is 1. The van der Waals surface area contributed by atoms with Gasteiger partial charge in [0.2, 0.25) is 0 Å². The van der Waals surface area contributed by atoms with E-state index < -0.39 is 0 Å². The Morgan fingerprint density at radius 3 is 2.83 bits per heavy atom. The van der Waals surface area contributed by atoms with Crippen molar-refractivity contribution in [3.63, 3.8) is 0 Å². The minimum absolute atomic E-state index is 0.00926. The van der Waals surface area contributed by atoms with Crippen LogP contribution in [-0.4, -0.2) is 22.7 Å². The number of aliphatic hydroxyl groups excluding tert-OH is 1. The molecule has 0 spiro atoms. The van der Waals surface area contributed by atoms with Crippen molar-refractivity contribution in [1.29, 1.82) is 0 Å². The highest BCUT2D eigenvalue weighted by atomic mass is 32.1. The highest BCUT2D eigenvalue weighted by Gasteiger charge is 2.12. The molecule has 0 aliphatic rings. The van der Waals surface area contributed by atoms with Crippen molar-refractivity contribution in [3.8, 4) is 0 Å². The van der Waals surface area contributed by atoms with Crippen molar-refractivity contribution in [2.45, 2.75) is 25.9 Å². The van der Waals surface area contributed by atoms with Crippen LogP contribution in [0.3, 0.4) is 0 Å². The summed E-state index contributed by atoms with van der Waals surface area (Å²) in [6, 6.07) is 0.357. The molecule has 1 rings (SSSR count). The molecule has 1 unspecified atom stereocenters. The molecule has 1 atom stereocenters. The Kier molecular flexibility index (Phi) is 3.65. The maximum Gasteiger partial charge on any atom is 0.112 e. The summed E-state index contributed by atoms with van der Waals surface area (Å²) in [6.07, 6.45) is 1.75. The third-order valence-electron chi connectivity index (χ3n) is 1.47. The highest BCUT2D eigenvalue weighted by Crippen LogP contribution is 2.15. The van der Waals surface area contributed by atoms with Crippen molar-refractivity contribution in [1.82, 2.24) is 10.3 Å². The summed E-state index contributed by atoms with van der Waals surface area (Å²) in [5.74, 6) is 0. The minimum atomic E-state index is -0.00926. The molecule has 0 aromatic carbocycles. The summed E-state index contributed by atoms with van der Waals surface area (Å²) in [7, 11) is 0. The van der Waals surface area contributed by atoms with Gasteiger partial charge in [-0.1, -0.05) is 13.8 Å². The van der Waals surface area contributed by atoms with Gasteiger partial charge in [-0.15, -0.1) is 11.3 Å². The molecule has 0 saturated carbocycles. The summed E-state index contributed by atoms with van der Waals surface area (Å²) in [5.41, 5.74) is 0. The fraction of sp³-hybridized carbons (Fsp3) is 0.625. The van der Waals surface area contributed by atoms with Gasteiger partial charge in [0, 0.05) is 17.6 Å². The van der Waals surface area contributed by atoms with Gasteiger partial charge in [0.15, 0.2) is 0 Å². The van der Waals surface area contributed by atoms with E-state index >= 15 is 0 Å². The molecule has 3 nitrogen and oxygen atoms in total. The molecule has 0 bridgehead atoms. The Hall–Kier alpha value is -0.450. The van der Waals surface area contributed by atoms with Crippen LogP contribution in [-0.2, 0) is 0 Å². The van der Waals surface area contributed by atoms with E-state index in [1.807, 2.05) is 5.38 Å². The van der Waals surface area contributed by atoms with Gasteiger partial charge in [-0.05, 0) is 0 Å². The van der Waals surface area contributed by atoms with Crippen LogP contribution in [0, 0.1) is 0 Å². The molecule has 0 radical (unpaired) electrons. The zero-order chi connectivity index (χ0) is 8.97. The van der Waals surface area contributed by atoms with Gasteiger partial charge in [0.25, 0.3) is 0 Å². The standard InChI is InChI=1S/C8H14N2OS/c1-6(2)10-7(5-11)8-9-3-4-12-8/h3-4,6-7,10-11H,5H2,1-2H3. The predicted molar refractivity (Wildman–Crippen MR) is 50.2 cm³/mol. The van der Waals surface area contributed by atoms with Crippen LogP contribution >= 0.6 is 11.3 Å². The summed E-state index contributed by atoms with van der Waals surface area (Å²) < 4.78 is 0. The molecule has 0 aliphatic carbocycles. The van der Waals surface area contributed by atoms with Crippen LogP contribution in [0.2, 0.25) is 0 Å². The van der Waals surface area contributed by atoms with Crippen LogP contribution in [0.1, 0.15) is 24.9 Å². The number of nitrogens with one attached hydrogen (secondary N) is 1. The van der Waals surface area contributed by atoms with Crippen molar-refractivity contribution < 1.29 is 5.11 Å². The molecule has 0 amide bonds. The molecule has 1 aromatic rings. The topological polar surface area (TPSA) is 45.1 Å².